The number of fused-ring (bicyclic) bond motifs is 1. The highest BCUT2D eigenvalue weighted by Crippen LogP contribution is 2.29. The number of hydrogen-bond acceptors (Lipinski definition) is 3. The SMILES string of the molecule is CCC(=CF)COc1ccc(C(=O)Cc2ccc(OC)c3ccccc23)cc1. The molecule has 3 rings (SSSR count). The molecule has 0 amide bonds. The number of rotatable bonds is 8. The fraction of sp³-hybridized carbons (Fsp3) is 0.208. The van der Waals surface area contributed by atoms with Crippen molar-refractivity contribution in [1.82, 2.24) is 0 Å². The summed E-state index contributed by atoms with van der Waals surface area (Å²) >= 11 is 0. The Bertz CT molecular complexity index is 990. The van der Waals surface area contributed by atoms with Crippen LogP contribution in [0.2, 0.25) is 0 Å². The van der Waals surface area contributed by atoms with Gasteiger partial charge in [-0.3, -0.25) is 4.79 Å². The molecule has 0 radical (unpaired) electrons. The molecule has 0 saturated carbocycles. The average Bonchev–Trinajstić information content (AvgIpc) is 2.75. The van der Waals surface area contributed by atoms with Gasteiger partial charge in [0.1, 0.15) is 18.1 Å². The molecular formula is C24H23FO3. The summed E-state index contributed by atoms with van der Waals surface area (Å²) in [5, 5.41) is 2.01. The molecule has 0 aliphatic heterocycles. The van der Waals surface area contributed by atoms with Gasteiger partial charge in [-0.2, -0.15) is 0 Å². The Morgan fingerprint density at radius 1 is 1.00 bits per heavy atom. The Balaban J connectivity index is 1.74. The van der Waals surface area contributed by atoms with E-state index in [-0.39, 0.29) is 12.4 Å². The van der Waals surface area contributed by atoms with Gasteiger partial charge < -0.3 is 9.47 Å². The predicted molar refractivity (Wildman–Crippen MR) is 110 cm³/mol. The van der Waals surface area contributed by atoms with Crippen molar-refractivity contribution in [2.45, 2.75) is 19.8 Å². The first-order valence-corrected chi connectivity index (χ1v) is 9.25. The van der Waals surface area contributed by atoms with Crippen molar-refractivity contribution in [2.24, 2.45) is 0 Å². The number of halogens is 1. The van der Waals surface area contributed by atoms with Gasteiger partial charge in [-0.15, -0.1) is 0 Å². The highest BCUT2D eigenvalue weighted by atomic mass is 19.1. The molecule has 3 aromatic carbocycles. The first-order chi connectivity index (χ1) is 13.7. The fourth-order valence-corrected chi connectivity index (χ4v) is 3.06. The summed E-state index contributed by atoms with van der Waals surface area (Å²) in [6.45, 7) is 2.08. The van der Waals surface area contributed by atoms with Crippen LogP contribution in [-0.2, 0) is 6.42 Å². The Labute approximate surface area is 164 Å². The van der Waals surface area contributed by atoms with Crippen LogP contribution in [-0.4, -0.2) is 19.5 Å². The minimum absolute atomic E-state index is 0.0276. The molecule has 0 spiro atoms. The van der Waals surface area contributed by atoms with Gasteiger partial charge in [0.2, 0.25) is 0 Å². The smallest absolute Gasteiger partial charge is 0.167 e. The summed E-state index contributed by atoms with van der Waals surface area (Å²) < 4.78 is 23.6. The molecule has 4 heteroatoms. The Morgan fingerprint density at radius 2 is 1.71 bits per heavy atom. The molecule has 0 unspecified atom stereocenters. The van der Waals surface area contributed by atoms with Crippen molar-refractivity contribution in [3.05, 3.63) is 83.7 Å². The lowest BCUT2D eigenvalue weighted by Crippen LogP contribution is -2.05. The maximum Gasteiger partial charge on any atom is 0.167 e. The van der Waals surface area contributed by atoms with E-state index >= 15 is 0 Å². The average molecular weight is 378 g/mol. The molecule has 144 valence electrons. The number of benzene rings is 3. The van der Waals surface area contributed by atoms with Gasteiger partial charge in [-0.05, 0) is 53.3 Å². The molecular weight excluding hydrogens is 355 g/mol. The normalized spacial score (nSPS) is 11.5. The van der Waals surface area contributed by atoms with Crippen LogP contribution in [0.25, 0.3) is 10.8 Å². The Kier molecular flexibility index (Phi) is 6.43. The van der Waals surface area contributed by atoms with Crippen molar-refractivity contribution < 1.29 is 18.7 Å². The maximum atomic E-state index is 12.8. The maximum absolute atomic E-state index is 12.8. The van der Waals surface area contributed by atoms with E-state index in [0.717, 1.165) is 22.1 Å². The van der Waals surface area contributed by atoms with Gasteiger partial charge in [0.05, 0.1) is 13.4 Å². The van der Waals surface area contributed by atoms with Crippen LogP contribution >= 0.6 is 0 Å². The topological polar surface area (TPSA) is 35.5 Å². The standard InChI is InChI=1S/C24H23FO3/c1-3-17(15-25)16-28-20-11-8-18(9-12-20)23(26)14-19-10-13-24(27-2)22-7-5-4-6-21(19)22/h4-13,15H,3,14,16H2,1-2H3. The largest absolute Gasteiger partial charge is 0.496 e. The molecule has 0 atom stereocenters. The van der Waals surface area contributed by atoms with Crippen LogP contribution in [0.1, 0.15) is 29.3 Å². The zero-order valence-electron chi connectivity index (χ0n) is 16.1. The number of hydrogen-bond donors (Lipinski definition) is 0. The lowest BCUT2D eigenvalue weighted by molar-refractivity contribution is 0.0993. The summed E-state index contributed by atoms with van der Waals surface area (Å²) in [5.41, 5.74) is 2.16. The van der Waals surface area contributed by atoms with Gasteiger partial charge in [0.15, 0.2) is 5.78 Å². The molecule has 3 aromatic rings. The number of Topliss-reactive ketones (excluding diaryl/α,β-unsaturated/α-hetero) is 1. The second-order valence-corrected chi connectivity index (χ2v) is 6.51. The zero-order chi connectivity index (χ0) is 19.9. The van der Waals surface area contributed by atoms with E-state index in [4.69, 9.17) is 9.47 Å². The van der Waals surface area contributed by atoms with Gasteiger partial charge in [-0.25, -0.2) is 4.39 Å². The lowest BCUT2D eigenvalue weighted by Gasteiger charge is -2.11. The molecule has 0 heterocycles. The number of ether oxygens (including phenoxy) is 2. The van der Waals surface area contributed by atoms with Crippen molar-refractivity contribution >= 4 is 16.6 Å². The van der Waals surface area contributed by atoms with Crippen LogP contribution in [0.15, 0.2) is 72.6 Å². The predicted octanol–water partition coefficient (Wildman–Crippen LogP) is 5.92. The molecule has 0 aliphatic rings. The lowest BCUT2D eigenvalue weighted by atomic mass is 9.97. The molecule has 0 saturated heterocycles. The van der Waals surface area contributed by atoms with E-state index in [1.54, 1.807) is 31.4 Å². The van der Waals surface area contributed by atoms with Crippen LogP contribution in [0.5, 0.6) is 11.5 Å². The summed E-state index contributed by atoms with van der Waals surface area (Å²) in [7, 11) is 1.64. The molecule has 0 aromatic heterocycles. The summed E-state index contributed by atoms with van der Waals surface area (Å²) in [5.74, 6) is 1.43. The van der Waals surface area contributed by atoms with Crippen LogP contribution in [0.4, 0.5) is 4.39 Å². The minimum Gasteiger partial charge on any atom is -0.496 e. The molecule has 0 aliphatic carbocycles. The second kappa shape index (κ2) is 9.18. The monoisotopic (exact) mass is 378 g/mol. The molecule has 0 bridgehead atoms. The van der Waals surface area contributed by atoms with Crippen molar-refractivity contribution in [3.8, 4) is 11.5 Å². The molecule has 3 nitrogen and oxygen atoms in total. The van der Waals surface area contributed by atoms with Crippen molar-refractivity contribution in [3.63, 3.8) is 0 Å². The minimum atomic E-state index is 0.0276. The number of methoxy groups -OCH3 is 1. The fourth-order valence-electron chi connectivity index (χ4n) is 3.06. The molecule has 0 fully saturated rings. The number of ketones is 1. The van der Waals surface area contributed by atoms with Crippen LogP contribution in [0, 0.1) is 0 Å². The Hall–Kier alpha value is -3.14. The highest BCUT2D eigenvalue weighted by Gasteiger charge is 2.12. The van der Waals surface area contributed by atoms with E-state index < -0.39 is 0 Å². The van der Waals surface area contributed by atoms with E-state index in [1.807, 2.05) is 43.3 Å². The van der Waals surface area contributed by atoms with E-state index in [9.17, 15) is 9.18 Å². The Morgan fingerprint density at radius 3 is 2.36 bits per heavy atom. The molecule has 28 heavy (non-hydrogen) atoms. The van der Waals surface area contributed by atoms with E-state index in [1.165, 1.54) is 0 Å². The first kappa shape index (κ1) is 19.6. The number of carbonyl (C=O) groups is 1. The summed E-state index contributed by atoms with van der Waals surface area (Å²) in [4.78, 5) is 12.8. The zero-order valence-corrected chi connectivity index (χ0v) is 16.1. The van der Waals surface area contributed by atoms with Crippen molar-refractivity contribution in [2.75, 3.05) is 13.7 Å². The quantitative estimate of drug-likeness (QED) is 0.457. The first-order valence-electron chi connectivity index (χ1n) is 9.25. The summed E-state index contributed by atoms with van der Waals surface area (Å²) in [6, 6.07) is 18.7. The van der Waals surface area contributed by atoms with Gasteiger partial charge in [0.25, 0.3) is 0 Å². The second-order valence-electron chi connectivity index (χ2n) is 6.51. The van der Waals surface area contributed by atoms with Gasteiger partial charge in [0, 0.05) is 17.4 Å². The molecule has 0 N–H and O–H groups in total. The van der Waals surface area contributed by atoms with Crippen LogP contribution < -0.4 is 9.47 Å². The van der Waals surface area contributed by atoms with E-state index in [2.05, 4.69) is 0 Å². The van der Waals surface area contributed by atoms with Gasteiger partial charge in [-0.1, -0.05) is 37.3 Å². The van der Waals surface area contributed by atoms with E-state index in [0.29, 0.717) is 36.1 Å². The highest BCUT2D eigenvalue weighted by molar-refractivity contribution is 6.01. The third-order valence-electron chi connectivity index (χ3n) is 4.75. The van der Waals surface area contributed by atoms with Crippen molar-refractivity contribution in [1.29, 1.82) is 0 Å². The third kappa shape index (κ3) is 4.39. The summed E-state index contributed by atoms with van der Waals surface area (Å²) in [6.07, 6.45) is 1.48. The van der Waals surface area contributed by atoms with Crippen LogP contribution in [0.3, 0.4) is 0 Å². The third-order valence-corrected chi connectivity index (χ3v) is 4.75. The van der Waals surface area contributed by atoms with Gasteiger partial charge >= 0.3 is 0 Å². The number of carbonyl (C=O) groups excluding carboxylic acids is 1.